The predicted molar refractivity (Wildman–Crippen MR) is 90.1 cm³/mol. The lowest BCUT2D eigenvalue weighted by Crippen LogP contribution is -2.37. The normalized spacial score (nSPS) is 22.1. The number of hydrogen-bond acceptors (Lipinski definition) is 4. The fraction of sp³-hybridized carbons (Fsp3) is 0.647. The van der Waals surface area contributed by atoms with E-state index in [2.05, 4.69) is 19.2 Å². The Balaban J connectivity index is 2.01. The summed E-state index contributed by atoms with van der Waals surface area (Å²) in [5.74, 6) is -2.86. The average Bonchev–Trinajstić information content (AvgIpc) is 2.57. The molecule has 0 spiro atoms. The van der Waals surface area contributed by atoms with Gasteiger partial charge in [0.1, 0.15) is 0 Å². The lowest BCUT2D eigenvalue weighted by atomic mass is 9.89. The number of rotatable bonds is 7. The quantitative estimate of drug-likeness (QED) is 0.795. The Morgan fingerprint density at radius 2 is 1.83 bits per heavy atom. The van der Waals surface area contributed by atoms with Gasteiger partial charge >= 0.3 is 5.76 Å². The van der Waals surface area contributed by atoms with Crippen LogP contribution in [0.1, 0.15) is 39.5 Å². The third-order valence-electron chi connectivity index (χ3n) is 4.68. The number of halogens is 2. The largest absolute Gasteiger partial charge is 0.382 e. The average molecular weight is 361 g/mol. The van der Waals surface area contributed by atoms with Crippen molar-refractivity contribution in [2.45, 2.75) is 62.3 Å². The second kappa shape index (κ2) is 8.25. The van der Waals surface area contributed by atoms with Crippen molar-refractivity contribution < 1.29 is 21.9 Å². The molecule has 1 aliphatic rings. The molecular formula is C17H25F2NO3S. The first kappa shape index (κ1) is 19.1. The molecule has 1 aromatic carbocycles. The highest BCUT2D eigenvalue weighted by Gasteiger charge is 2.28. The summed E-state index contributed by atoms with van der Waals surface area (Å²) in [4.78, 5) is -0.357. The minimum atomic E-state index is -4.53. The van der Waals surface area contributed by atoms with Crippen molar-refractivity contribution in [2.24, 2.45) is 5.92 Å². The molecule has 0 aliphatic carbocycles. The summed E-state index contributed by atoms with van der Waals surface area (Å²) in [5.41, 5.74) is 0.735. The van der Waals surface area contributed by atoms with Crippen LogP contribution in [0.5, 0.6) is 0 Å². The van der Waals surface area contributed by atoms with Gasteiger partial charge in [0, 0.05) is 18.3 Å². The van der Waals surface area contributed by atoms with Gasteiger partial charge < -0.3 is 10.1 Å². The molecule has 2 rings (SSSR count). The Morgan fingerprint density at radius 3 is 2.38 bits per heavy atom. The highest BCUT2D eigenvalue weighted by Crippen LogP contribution is 2.27. The van der Waals surface area contributed by atoms with Crippen LogP contribution in [0.25, 0.3) is 0 Å². The summed E-state index contributed by atoms with van der Waals surface area (Å²) in [6, 6.07) is 5.76. The van der Waals surface area contributed by atoms with Gasteiger partial charge in [0.2, 0.25) is 9.84 Å². The maximum Gasteiger partial charge on any atom is 0.341 e. The first-order valence-corrected chi connectivity index (χ1v) is 9.93. The molecule has 0 saturated carbocycles. The number of benzene rings is 1. The van der Waals surface area contributed by atoms with Gasteiger partial charge in [-0.05, 0) is 43.0 Å². The molecule has 1 heterocycles. The van der Waals surface area contributed by atoms with E-state index in [1.54, 1.807) is 0 Å². The minimum Gasteiger partial charge on any atom is -0.382 e. The summed E-state index contributed by atoms with van der Waals surface area (Å²) in [5, 5.41) is 3.36. The topological polar surface area (TPSA) is 55.4 Å². The highest BCUT2D eigenvalue weighted by molar-refractivity contribution is 7.91. The number of nitrogens with one attached hydrogen (secondary N) is 1. The molecule has 136 valence electrons. The van der Waals surface area contributed by atoms with Crippen LogP contribution >= 0.6 is 0 Å². The monoisotopic (exact) mass is 361 g/mol. The molecule has 1 N–H and O–H groups in total. The van der Waals surface area contributed by atoms with E-state index in [1.807, 2.05) is 0 Å². The molecular weight excluding hydrogens is 336 g/mol. The molecule has 7 heteroatoms. The van der Waals surface area contributed by atoms with Gasteiger partial charge in [0.25, 0.3) is 0 Å². The van der Waals surface area contributed by atoms with Crippen LogP contribution in [-0.4, -0.2) is 32.9 Å². The van der Waals surface area contributed by atoms with Gasteiger partial charge in [-0.1, -0.05) is 26.7 Å². The van der Waals surface area contributed by atoms with E-state index in [-0.39, 0.29) is 17.0 Å². The summed E-state index contributed by atoms with van der Waals surface area (Å²) < 4.78 is 53.8. The van der Waals surface area contributed by atoms with E-state index in [1.165, 1.54) is 24.3 Å². The van der Waals surface area contributed by atoms with Gasteiger partial charge in [0.15, 0.2) is 0 Å². The molecule has 0 radical (unpaired) electrons. The van der Waals surface area contributed by atoms with Crippen LogP contribution < -0.4 is 5.32 Å². The maximum absolute atomic E-state index is 12.5. The van der Waals surface area contributed by atoms with E-state index >= 15 is 0 Å². The zero-order chi connectivity index (χ0) is 17.7. The number of alkyl halides is 2. The molecule has 1 aromatic rings. The van der Waals surface area contributed by atoms with E-state index in [4.69, 9.17) is 4.74 Å². The van der Waals surface area contributed by atoms with Crippen molar-refractivity contribution in [3.8, 4) is 0 Å². The maximum atomic E-state index is 12.5. The molecule has 0 amide bonds. The standard InChI is InChI=1S/C17H25F2NO3S/c1-3-12(4-2)16-11-14(9-10-23-16)20-13-5-7-15(8-6-13)24(21,22)17(18)19/h5-8,12,14,16-17,20H,3-4,9-11H2,1-2H3. The van der Waals surface area contributed by atoms with Crippen LogP contribution in [0, 0.1) is 5.92 Å². The van der Waals surface area contributed by atoms with Crippen molar-refractivity contribution in [1.82, 2.24) is 0 Å². The van der Waals surface area contributed by atoms with Crippen LogP contribution in [0.2, 0.25) is 0 Å². The second-order valence-electron chi connectivity index (χ2n) is 6.18. The molecule has 1 saturated heterocycles. The van der Waals surface area contributed by atoms with E-state index in [0.29, 0.717) is 12.5 Å². The minimum absolute atomic E-state index is 0.227. The highest BCUT2D eigenvalue weighted by atomic mass is 32.2. The Labute approximate surface area is 142 Å². The Bertz CT molecular complexity index is 615. The van der Waals surface area contributed by atoms with Crippen LogP contribution in [-0.2, 0) is 14.6 Å². The van der Waals surface area contributed by atoms with Gasteiger partial charge in [-0.15, -0.1) is 0 Å². The van der Waals surface area contributed by atoms with Gasteiger partial charge in [-0.3, -0.25) is 0 Å². The first-order chi connectivity index (χ1) is 11.4. The summed E-state index contributed by atoms with van der Waals surface area (Å²) in [6.07, 6.45) is 4.14. The molecule has 0 bridgehead atoms. The Hall–Kier alpha value is -1.21. The van der Waals surface area contributed by atoms with Gasteiger partial charge in [-0.25, -0.2) is 8.42 Å². The van der Waals surface area contributed by atoms with Crippen molar-refractivity contribution >= 4 is 15.5 Å². The molecule has 2 unspecified atom stereocenters. The lowest BCUT2D eigenvalue weighted by Gasteiger charge is -2.35. The second-order valence-corrected chi connectivity index (χ2v) is 8.10. The van der Waals surface area contributed by atoms with E-state index in [0.717, 1.165) is 31.4 Å². The molecule has 1 aliphatic heterocycles. The van der Waals surface area contributed by atoms with Crippen molar-refractivity contribution in [3.05, 3.63) is 24.3 Å². The smallest absolute Gasteiger partial charge is 0.341 e. The fourth-order valence-electron chi connectivity index (χ4n) is 3.18. The first-order valence-electron chi connectivity index (χ1n) is 8.38. The van der Waals surface area contributed by atoms with Crippen molar-refractivity contribution in [3.63, 3.8) is 0 Å². The predicted octanol–water partition coefficient (Wildman–Crippen LogP) is 4.08. The van der Waals surface area contributed by atoms with Crippen molar-refractivity contribution in [2.75, 3.05) is 11.9 Å². The summed E-state index contributed by atoms with van der Waals surface area (Å²) in [6.45, 7) is 5.02. The number of sulfone groups is 1. The molecule has 1 fully saturated rings. The van der Waals surface area contributed by atoms with Crippen LogP contribution in [0.3, 0.4) is 0 Å². The zero-order valence-corrected chi connectivity index (χ0v) is 14.9. The fourth-order valence-corrected chi connectivity index (χ4v) is 3.90. The number of hydrogen-bond donors (Lipinski definition) is 1. The van der Waals surface area contributed by atoms with Crippen molar-refractivity contribution in [1.29, 1.82) is 0 Å². The molecule has 24 heavy (non-hydrogen) atoms. The Morgan fingerprint density at radius 1 is 1.21 bits per heavy atom. The van der Waals surface area contributed by atoms with Gasteiger partial charge in [0.05, 0.1) is 11.0 Å². The SMILES string of the molecule is CCC(CC)C1CC(Nc2ccc(S(=O)(=O)C(F)F)cc2)CCO1. The summed E-state index contributed by atoms with van der Waals surface area (Å²) >= 11 is 0. The van der Waals surface area contributed by atoms with Gasteiger partial charge in [-0.2, -0.15) is 8.78 Å². The molecule has 0 aromatic heterocycles. The third-order valence-corrected chi connectivity index (χ3v) is 6.08. The number of ether oxygens (including phenoxy) is 1. The molecule has 4 nitrogen and oxygen atoms in total. The summed E-state index contributed by atoms with van der Waals surface area (Å²) in [7, 11) is -4.53. The molecule has 2 atom stereocenters. The lowest BCUT2D eigenvalue weighted by molar-refractivity contribution is -0.0271. The Kier molecular flexibility index (Phi) is 6.57. The van der Waals surface area contributed by atoms with E-state index in [9.17, 15) is 17.2 Å². The van der Waals surface area contributed by atoms with E-state index < -0.39 is 15.6 Å². The number of anilines is 1. The zero-order valence-electron chi connectivity index (χ0n) is 14.0. The van der Waals surface area contributed by atoms with Crippen LogP contribution in [0.4, 0.5) is 14.5 Å². The third kappa shape index (κ3) is 4.45. The van der Waals surface area contributed by atoms with Crippen LogP contribution in [0.15, 0.2) is 29.2 Å².